The molecule has 0 atom stereocenters. The Balaban J connectivity index is 1.94. The van der Waals surface area contributed by atoms with E-state index in [0.717, 1.165) is 5.56 Å². The average molecular weight is 401 g/mol. The summed E-state index contributed by atoms with van der Waals surface area (Å²) in [5.41, 5.74) is 2.50. The molecule has 3 aromatic rings. The van der Waals surface area contributed by atoms with Gasteiger partial charge in [-0.2, -0.15) is 0 Å². The number of hydrogen-bond acceptors (Lipinski definition) is 3. The fourth-order valence-electron chi connectivity index (χ4n) is 2.66. The van der Waals surface area contributed by atoms with Gasteiger partial charge in [0, 0.05) is 10.7 Å². The number of hydrogen-bond donors (Lipinski definition) is 2. The highest BCUT2D eigenvalue weighted by atomic mass is 35.5. The van der Waals surface area contributed by atoms with Crippen molar-refractivity contribution in [3.63, 3.8) is 0 Å². The van der Waals surface area contributed by atoms with Crippen LogP contribution in [0.5, 0.6) is 0 Å². The molecular weight excluding hydrogens is 384 g/mol. The number of carbonyl (C=O) groups excluding carboxylic acids is 1. The van der Waals surface area contributed by atoms with E-state index in [2.05, 4.69) is 5.32 Å². The van der Waals surface area contributed by atoms with E-state index in [1.165, 1.54) is 12.1 Å². The summed E-state index contributed by atoms with van der Waals surface area (Å²) in [7, 11) is -3.94. The topological polar surface area (TPSA) is 89.3 Å². The lowest BCUT2D eigenvalue weighted by Gasteiger charge is -2.11. The Hall–Kier alpha value is -2.67. The Morgan fingerprint density at radius 1 is 0.926 bits per heavy atom. The van der Waals surface area contributed by atoms with Gasteiger partial charge >= 0.3 is 0 Å². The van der Waals surface area contributed by atoms with Crippen LogP contribution in [0.4, 0.5) is 5.69 Å². The SMILES string of the molecule is NS(=O)(=O)c1cc(NC(=O)Cc2ccccc2)cc(-c2cccc(Cl)c2)c1. The van der Waals surface area contributed by atoms with Gasteiger partial charge in [0.05, 0.1) is 11.3 Å². The predicted molar refractivity (Wildman–Crippen MR) is 107 cm³/mol. The van der Waals surface area contributed by atoms with Gasteiger partial charge in [-0.15, -0.1) is 0 Å². The van der Waals surface area contributed by atoms with Crippen LogP contribution in [-0.4, -0.2) is 14.3 Å². The molecule has 0 spiro atoms. The second-order valence-corrected chi connectivity index (χ2v) is 8.01. The zero-order valence-electron chi connectivity index (χ0n) is 14.2. The van der Waals surface area contributed by atoms with Gasteiger partial charge in [-0.25, -0.2) is 13.6 Å². The average Bonchev–Trinajstić information content (AvgIpc) is 2.61. The normalized spacial score (nSPS) is 11.2. The van der Waals surface area contributed by atoms with Crippen LogP contribution >= 0.6 is 11.6 Å². The lowest BCUT2D eigenvalue weighted by atomic mass is 10.0. The third kappa shape index (κ3) is 5.17. The Morgan fingerprint density at radius 2 is 1.67 bits per heavy atom. The van der Waals surface area contributed by atoms with E-state index in [4.69, 9.17) is 16.7 Å². The molecule has 0 aromatic heterocycles. The van der Waals surface area contributed by atoms with E-state index in [9.17, 15) is 13.2 Å². The van der Waals surface area contributed by atoms with Crippen LogP contribution in [0.2, 0.25) is 5.02 Å². The van der Waals surface area contributed by atoms with Gasteiger partial charge in [0.25, 0.3) is 0 Å². The number of amides is 1. The summed E-state index contributed by atoms with van der Waals surface area (Å²) in [6, 6.07) is 20.7. The number of sulfonamides is 1. The number of anilines is 1. The smallest absolute Gasteiger partial charge is 0.238 e. The molecule has 138 valence electrons. The van der Waals surface area contributed by atoms with Gasteiger partial charge in [-0.05, 0) is 47.0 Å². The summed E-state index contributed by atoms with van der Waals surface area (Å²) >= 11 is 6.03. The molecule has 0 unspecified atom stereocenters. The van der Waals surface area contributed by atoms with Crippen molar-refractivity contribution in [1.82, 2.24) is 0 Å². The molecule has 0 saturated carbocycles. The number of nitrogens with two attached hydrogens (primary N) is 1. The first kappa shape index (κ1) is 19.1. The summed E-state index contributed by atoms with van der Waals surface area (Å²) in [6.45, 7) is 0. The highest BCUT2D eigenvalue weighted by Crippen LogP contribution is 2.28. The number of benzene rings is 3. The molecule has 0 aliphatic heterocycles. The Labute approximate surface area is 162 Å². The molecule has 0 heterocycles. The Kier molecular flexibility index (Phi) is 5.60. The minimum atomic E-state index is -3.94. The van der Waals surface area contributed by atoms with Crippen molar-refractivity contribution in [1.29, 1.82) is 0 Å². The molecule has 7 heteroatoms. The monoisotopic (exact) mass is 400 g/mol. The van der Waals surface area contributed by atoms with Gasteiger partial charge in [0.1, 0.15) is 0 Å². The van der Waals surface area contributed by atoms with Crippen LogP contribution in [0.25, 0.3) is 11.1 Å². The lowest BCUT2D eigenvalue weighted by Crippen LogP contribution is -2.16. The van der Waals surface area contributed by atoms with Gasteiger partial charge in [-0.3, -0.25) is 4.79 Å². The van der Waals surface area contributed by atoms with Crippen LogP contribution in [-0.2, 0) is 21.2 Å². The van der Waals surface area contributed by atoms with Crippen molar-refractivity contribution in [3.05, 3.63) is 83.4 Å². The molecular formula is C20H17ClN2O3S. The highest BCUT2D eigenvalue weighted by molar-refractivity contribution is 7.89. The summed E-state index contributed by atoms with van der Waals surface area (Å²) in [5.74, 6) is -0.259. The first-order chi connectivity index (χ1) is 12.8. The Bertz CT molecular complexity index is 1080. The molecule has 0 bridgehead atoms. The van der Waals surface area contributed by atoms with Gasteiger partial charge in [0.2, 0.25) is 15.9 Å². The zero-order chi connectivity index (χ0) is 19.4. The first-order valence-electron chi connectivity index (χ1n) is 8.09. The zero-order valence-corrected chi connectivity index (χ0v) is 15.8. The molecule has 0 aliphatic carbocycles. The Morgan fingerprint density at radius 3 is 2.33 bits per heavy atom. The molecule has 3 aromatic carbocycles. The summed E-state index contributed by atoms with van der Waals surface area (Å²) in [4.78, 5) is 12.2. The molecule has 0 fully saturated rings. The largest absolute Gasteiger partial charge is 0.326 e. The molecule has 5 nitrogen and oxygen atoms in total. The van der Waals surface area contributed by atoms with Crippen molar-refractivity contribution in [3.8, 4) is 11.1 Å². The van der Waals surface area contributed by atoms with Crippen molar-refractivity contribution < 1.29 is 13.2 Å². The van der Waals surface area contributed by atoms with E-state index in [1.54, 1.807) is 30.3 Å². The first-order valence-corrected chi connectivity index (χ1v) is 10.0. The predicted octanol–water partition coefficient (Wildman–Crippen LogP) is 3.84. The number of carbonyl (C=O) groups is 1. The van der Waals surface area contributed by atoms with Crippen LogP contribution in [0, 0.1) is 0 Å². The van der Waals surface area contributed by atoms with Gasteiger partial charge in [-0.1, -0.05) is 54.1 Å². The third-order valence-electron chi connectivity index (χ3n) is 3.88. The standard InChI is InChI=1S/C20H17ClN2O3S/c21-17-8-4-7-15(10-17)16-11-18(13-19(12-16)27(22,25)26)23-20(24)9-14-5-2-1-3-6-14/h1-8,10-13H,9H2,(H,23,24)(H2,22,25,26). The summed E-state index contributed by atoms with van der Waals surface area (Å²) in [5, 5.41) is 8.54. The molecule has 3 rings (SSSR count). The van der Waals surface area contributed by atoms with Gasteiger partial charge in [0.15, 0.2) is 0 Å². The second kappa shape index (κ2) is 7.92. The number of halogens is 1. The fourth-order valence-corrected chi connectivity index (χ4v) is 3.43. The second-order valence-electron chi connectivity index (χ2n) is 6.01. The molecule has 0 aliphatic rings. The van der Waals surface area contributed by atoms with Crippen molar-refractivity contribution in [2.45, 2.75) is 11.3 Å². The minimum absolute atomic E-state index is 0.0880. The molecule has 27 heavy (non-hydrogen) atoms. The van der Waals surface area contributed by atoms with Crippen LogP contribution in [0.15, 0.2) is 77.7 Å². The number of rotatable bonds is 5. The van der Waals surface area contributed by atoms with Crippen molar-refractivity contribution in [2.24, 2.45) is 5.14 Å². The van der Waals surface area contributed by atoms with Crippen LogP contribution < -0.4 is 10.5 Å². The van der Waals surface area contributed by atoms with E-state index in [1.807, 2.05) is 30.3 Å². The van der Waals surface area contributed by atoms with Crippen LogP contribution in [0.3, 0.4) is 0 Å². The van der Waals surface area contributed by atoms with Crippen LogP contribution in [0.1, 0.15) is 5.56 Å². The van der Waals surface area contributed by atoms with Gasteiger partial charge < -0.3 is 5.32 Å². The maximum atomic E-state index is 12.3. The van der Waals surface area contributed by atoms with Crippen molar-refractivity contribution in [2.75, 3.05) is 5.32 Å². The maximum absolute atomic E-state index is 12.3. The molecule has 1 amide bonds. The summed E-state index contributed by atoms with van der Waals surface area (Å²) < 4.78 is 23.7. The lowest BCUT2D eigenvalue weighted by molar-refractivity contribution is -0.115. The molecule has 3 N–H and O–H groups in total. The van der Waals surface area contributed by atoms with E-state index >= 15 is 0 Å². The van der Waals surface area contributed by atoms with Crippen molar-refractivity contribution >= 4 is 33.2 Å². The van der Waals surface area contributed by atoms with E-state index in [0.29, 0.717) is 21.8 Å². The fraction of sp³-hybridized carbons (Fsp3) is 0.0500. The maximum Gasteiger partial charge on any atom is 0.238 e. The summed E-state index contributed by atoms with van der Waals surface area (Å²) in [6.07, 6.45) is 0.174. The third-order valence-corrected chi connectivity index (χ3v) is 5.01. The quantitative estimate of drug-likeness (QED) is 0.681. The van der Waals surface area contributed by atoms with E-state index in [-0.39, 0.29) is 17.2 Å². The number of nitrogens with one attached hydrogen (secondary N) is 1. The minimum Gasteiger partial charge on any atom is -0.326 e. The number of primary sulfonamides is 1. The molecule has 0 saturated heterocycles. The van der Waals surface area contributed by atoms with E-state index < -0.39 is 10.0 Å². The highest BCUT2D eigenvalue weighted by Gasteiger charge is 2.14. The molecule has 0 radical (unpaired) electrons.